The monoisotopic (exact) mass is 257 g/mol. The van der Waals surface area contributed by atoms with Crippen molar-refractivity contribution in [2.24, 2.45) is 0 Å². The van der Waals surface area contributed by atoms with Crippen molar-refractivity contribution >= 4 is 22.1 Å². The van der Waals surface area contributed by atoms with Gasteiger partial charge in [-0.05, 0) is 38.0 Å². The molecule has 3 N–H and O–H groups in total. The number of nitrogens with zero attached hydrogens (tertiary/aromatic N) is 2. The number of hydrogen-bond donors (Lipinski definition) is 2. The third-order valence-corrected chi connectivity index (χ3v) is 3.84. The maximum absolute atomic E-state index is 10.3. The molecule has 0 amide bonds. The SMILES string of the molecule is CC1(O)CCCN(c2ccc(N)c3cnccc23)C1. The highest BCUT2D eigenvalue weighted by atomic mass is 16.3. The summed E-state index contributed by atoms with van der Waals surface area (Å²) in [5, 5.41) is 12.3. The van der Waals surface area contributed by atoms with Gasteiger partial charge in [0.25, 0.3) is 0 Å². The molecule has 0 radical (unpaired) electrons. The van der Waals surface area contributed by atoms with Crippen molar-refractivity contribution in [2.75, 3.05) is 23.7 Å². The van der Waals surface area contributed by atoms with Crippen LogP contribution in [0.3, 0.4) is 0 Å². The topological polar surface area (TPSA) is 62.4 Å². The molecule has 1 saturated heterocycles. The smallest absolute Gasteiger partial charge is 0.0794 e. The van der Waals surface area contributed by atoms with Gasteiger partial charge in [0, 0.05) is 47.6 Å². The van der Waals surface area contributed by atoms with E-state index in [2.05, 4.69) is 9.88 Å². The number of hydrogen-bond acceptors (Lipinski definition) is 4. The van der Waals surface area contributed by atoms with E-state index in [1.54, 1.807) is 12.4 Å². The number of fused-ring (bicyclic) bond motifs is 1. The molecule has 1 fully saturated rings. The van der Waals surface area contributed by atoms with E-state index < -0.39 is 5.60 Å². The lowest BCUT2D eigenvalue weighted by Crippen LogP contribution is -2.46. The third-order valence-electron chi connectivity index (χ3n) is 3.84. The van der Waals surface area contributed by atoms with Crippen LogP contribution < -0.4 is 10.6 Å². The fourth-order valence-corrected chi connectivity index (χ4v) is 2.90. The van der Waals surface area contributed by atoms with Crippen LogP contribution in [0.25, 0.3) is 10.8 Å². The van der Waals surface area contributed by atoms with Crippen LogP contribution in [0.15, 0.2) is 30.6 Å². The number of anilines is 2. The van der Waals surface area contributed by atoms with E-state index in [-0.39, 0.29) is 0 Å². The van der Waals surface area contributed by atoms with Gasteiger partial charge in [0.1, 0.15) is 0 Å². The predicted molar refractivity (Wildman–Crippen MR) is 78.2 cm³/mol. The number of nitrogens with two attached hydrogens (primary N) is 1. The zero-order chi connectivity index (χ0) is 13.5. The Labute approximate surface area is 112 Å². The predicted octanol–water partition coefficient (Wildman–Crippen LogP) is 2.17. The number of aliphatic hydroxyl groups is 1. The van der Waals surface area contributed by atoms with Crippen LogP contribution in [0.2, 0.25) is 0 Å². The number of piperidine rings is 1. The zero-order valence-electron chi connectivity index (χ0n) is 11.1. The van der Waals surface area contributed by atoms with Crippen LogP contribution in [0.5, 0.6) is 0 Å². The van der Waals surface area contributed by atoms with Crippen molar-refractivity contribution in [3.63, 3.8) is 0 Å². The van der Waals surface area contributed by atoms with E-state index in [4.69, 9.17) is 5.73 Å². The van der Waals surface area contributed by atoms with Crippen molar-refractivity contribution in [1.82, 2.24) is 4.98 Å². The van der Waals surface area contributed by atoms with Crippen LogP contribution >= 0.6 is 0 Å². The van der Waals surface area contributed by atoms with Gasteiger partial charge in [-0.3, -0.25) is 4.98 Å². The van der Waals surface area contributed by atoms with E-state index >= 15 is 0 Å². The Morgan fingerprint density at radius 1 is 1.32 bits per heavy atom. The van der Waals surface area contributed by atoms with Crippen molar-refractivity contribution in [3.05, 3.63) is 30.6 Å². The Morgan fingerprint density at radius 2 is 2.16 bits per heavy atom. The Kier molecular flexibility index (Phi) is 2.82. The summed E-state index contributed by atoms with van der Waals surface area (Å²) in [5.41, 5.74) is 7.26. The first kappa shape index (κ1) is 12.2. The first-order chi connectivity index (χ1) is 9.07. The average Bonchev–Trinajstić information content (AvgIpc) is 2.38. The lowest BCUT2D eigenvalue weighted by atomic mass is 9.94. The number of pyridine rings is 1. The number of benzene rings is 1. The highest BCUT2D eigenvalue weighted by molar-refractivity contribution is 6.00. The minimum Gasteiger partial charge on any atom is -0.398 e. The van der Waals surface area contributed by atoms with E-state index in [0.717, 1.165) is 41.5 Å². The molecule has 2 heterocycles. The first-order valence-corrected chi connectivity index (χ1v) is 6.66. The lowest BCUT2D eigenvalue weighted by Gasteiger charge is -2.38. The quantitative estimate of drug-likeness (QED) is 0.769. The van der Waals surface area contributed by atoms with Crippen LogP contribution in [-0.4, -0.2) is 28.8 Å². The Balaban J connectivity index is 2.08. The van der Waals surface area contributed by atoms with E-state index in [1.165, 1.54) is 0 Å². The molecule has 0 spiro atoms. The second-order valence-corrected chi connectivity index (χ2v) is 5.62. The minimum atomic E-state index is -0.612. The highest BCUT2D eigenvalue weighted by Crippen LogP contribution is 2.33. The lowest BCUT2D eigenvalue weighted by molar-refractivity contribution is 0.0450. The summed E-state index contributed by atoms with van der Waals surface area (Å²) >= 11 is 0. The summed E-state index contributed by atoms with van der Waals surface area (Å²) in [6, 6.07) is 5.95. The van der Waals surface area contributed by atoms with E-state index in [0.29, 0.717) is 6.54 Å². The number of rotatable bonds is 1. The molecule has 19 heavy (non-hydrogen) atoms. The van der Waals surface area contributed by atoms with Crippen molar-refractivity contribution in [1.29, 1.82) is 0 Å². The maximum Gasteiger partial charge on any atom is 0.0794 e. The van der Waals surface area contributed by atoms with Crippen molar-refractivity contribution < 1.29 is 5.11 Å². The fraction of sp³-hybridized carbons (Fsp3) is 0.400. The van der Waals surface area contributed by atoms with E-state index in [1.807, 2.05) is 25.1 Å². The molecule has 1 aliphatic rings. The van der Waals surface area contributed by atoms with Gasteiger partial charge < -0.3 is 15.7 Å². The summed E-state index contributed by atoms with van der Waals surface area (Å²) in [5.74, 6) is 0. The Hall–Kier alpha value is -1.81. The Bertz CT molecular complexity index is 609. The molecule has 4 heteroatoms. The molecule has 0 aliphatic carbocycles. The van der Waals surface area contributed by atoms with Gasteiger partial charge in [-0.1, -0.05) is 0 Å². The van der Waals surface area contributed by atoms with Crippen LogP contribution in [0, 0.1) is 0 Å². The van der Waals surface area contributed by atoms with Gasteiger partial charge in [0.15, 0.2) is 0 Å². The number of β-amino-alcohol motifs (C(OH)–C–C–N with tert-alkyl or cyclic N) is 1. The summed E-state index contributed by atoms with van der Waals surface area (Å²) in [6.07, 6.45) is 5.45. The third kappa shape index (κ3) is 2.24. The number of aromatic nitrogens is 1. The summed E-state index contributed by atoms with van der Waals surface area (Å²) in [4.78, 5) is 6.38. The zero-order valence-corrected chi connectivity index (χ0v) is 11.1. The molecule has 3 rings (SSSR count). The molecular weight excluding hydrogens is 238 g/mol. The van der Waals surface area contributed by atoms with Gasteiger partial charge in [-0.15, -0.1) is 0 Å². The van der Waals surface area contributed by atoms with Crippen molar-refractivity contribution in [3.8, 4) is 0 Å². The van der Waals surface area contributed by atoms with Gasteiger partial charge >= 0.3 is 0 Å². The van der Waals surface area contributed by atoms with Gasteiger partial charge in [0.2, 0.25) is 0 Å². The molecule has 1 aromatic carbocycles. The molecular formula is C15H19N3O. The molecule has 1 unspecified atom stereocenters. The molecule has 1 atom stereocenters. The normalized spacial score (nSPS) is 23.8. The summed E-state index contributed by atoms with van der Waals surface area (Å²) < 4.78 is 0. The van der Waals surface area contributed by atoms with E-state index in [9.17, 15) is 5.11 Å². The molecule has 1 aromatic heterocycles. The summed E-state index contributed by atoms with van der Waals surface area (Å²) in [7, 11) is 0. The first-order valence-electron chi connectivity index (χ1n) is 6.66. The van der Waals surface area contributed by atoms with Gasteiger partial charge in [-0.25, -0.2) is 0 Å². The molecule has 0 saturated carbocycles. The van der Waals surface area contributed by atoms with Gasteiger partial charge in [-0.2, -0.15) is 0 Å². The molecule has 0 bridgehead atoms. The molecule has 4 nitrogen and oxygen atoms in total. The second-order valence-electron chi connectivity index (χ2n) is 5.62. The van der Waals surface area contributed by atoms with Crippen LogP contribution in [-0.2, 0) is 0 Å². The highest BCUT2D eigenvalue weighted by Gasteiger charge is 2.29. The maximum atomic E-state index is 10.3. The van der Waals surface area contributed by atoms with Crippen LogP contribution in [0.4, 0.5) is 11.4 Å². The minimum absolute atomic E-state index is 0.612. The largest absolute Gasteiger partial charge is 0.398 e. The number of nitrogen functional groups attached to an aromatic ring is 1. The fourth-order valence-electron chi connectivity index (χ4n) is 2.90. The standard InChI is InChI=1S/C15H19N3O/c1-15(19)6-2-8-18(10-15)14-4-3-13(16)12-9-17-7-5-11(12)14/h3-5,7,9,19H,2,6,8,10,16H2,1H3. The molecule has 2 aromatic rings. The molecule has 100 valence electrons. The second kappa shape index (κ2) is 4.38. The van der Waals surface area contributed by atoms with Crippen LogP contribution in [0.1, 0.15) is 19.8 Å². The summed E-state index contributed by atoms with van der Waals surface area (Å²) in [6.45, 7) is 3.53. The molecule has 1 aliphatic heterocycles. The van der Waals surface area contributed by atoms with Crippen molar-refractivity contribution in [2.45, 2.75) is 25.4 Å². The average molecular weight is 257 g/mol. The Morgan fingerprint density at radius 3 is 2.95 bits per heavy atom. The van der Waals surface area contributed by atoms with Gasteiger partial charge in [0.05, 0.1) is 5.60 Å².